The van der Waals surface area contributed by atoms with Crippen molar-refractivity contribution < 1.29 is 0 Å². The van der Waals surface area contributed by atoms with Crippen LogP contribution in [0.25, 0.3) is 0 Å². The molecule has 0 heterocycles. The Morgan fingerprint density at radius 1 is 1.43 bits per heavy atom. The number of hydrogen-bond acceptors (Lipinski definition) is 0. The Hall–Kier alpha value is -1.30. The fraction of sp³-hybridized carbons (Fsp3) is 0.286. The zero-order valence-electron chi connectivity index (χ0n) is 9.29. The Labute approximate surface area is 88.0 Å². The molecule has 0 aliphatic heterocycles. The molecule has 1 rings (SSSR count). The van der Waals surface area contributed by atoms with Gasteiger partial charge in [-0.25, -0.2) is 0 Å². The summed E-state index contributed by atoms with van der Waals surface area (Å²) < 4.78 is 0. The zero-order valence-corrected chi connectivity index (χ0v) is 9.29. The quantitative estimate of drug-likeness (QED) is 0.556. The first-order chi connectivity index (χ1) is 6.66. The summed E-state index contributed by atoms with van der Waals surface area (Å²) in [5.41, 5.74) is 2.46. The third-order valence-electron chi connectivity index (χ3n) is 1.70. The second kappa shape index (κ2) is 8.31. The average Bonchev–Trinajstić information content (AvgIpc) is 2.17. The van der Waals surface area contributed by atoms with E-state index in [9.17, 15) is 0 Å². The van der Waals surface area contributed by atoms with Crippen molar-refractivity contribution >= 4 is 0 Å². The molecule has 0 aromatic rings. The van der Waals surface area contributed by atoms with Gasteiger partial charge in [-0.2, -0.15) is 0 Å². The van der Waals surface area contributed by atoms with Gasteiger partial charge in [-0.05, 0) is 26.7 Å². The minimum atomic E-state index is 1.06. The lowest BCUT2D eigenvalue weighted by Gasteiger charge is -1.96. The van der Waals surface area contributed by atoms with Crippen LogP contribution in [0.2, 0.25) is 0 Å². The van der Waals surface area contributed by atoms with Crippen molar-refractivity contribution in [2.24, 2.45) is 0 Å². The number of rotatable bonds is 2. The molecule has 0 aromatic carbocycles. The van der Waals surface area contributed by atoms with Crippen molar-refractivity contribution in [3.05, 3.63) is 60.8 Å². The molecule has 0 saturated carbocycles. The second-order valence-electron chi connectivity index (χ2n) is 3.37. The van der Waals surface area contributed by atoms with E-state index in [0.29, 0.717) is 0 Å². The van der Waals surface area contributed by atoms with Crippen molar-refractivity contribution in [1.82, 2.24) is 0 Å². The SMILES string of the molecule is C=C/C=C\C(=C)C.CC1=CCCC=C1. The first-order valence-electron chi connectivity index (χ1n) is 4.94. The molecule has 0 heteroatoms. The summed E-state index contributed by atoms with van der Waals surface area (Å²) in [4.78, 5) is 0. The number of hydrogen-bond donors (Lipinski definition) is 0. The van der Waals surface area contributed by atoms with Crippen LogP contribution in [-0.2, 0) is 0 Å². The summed E-state index contributed by atoms with van der Waals surface area (Å²) in [6.45, 7) is 11.2. The van der Waals surface area contributed by atoms with Crippen molar-refractivity contribution in [3.63, 3.8) is 0 Å². The summed E-state index contributed by atoms with van der Waals surface area (Å²) in [7, 11) is 0. The Morgan fingerprint density at radius 2 is 2.14 bits per heavy atom. The van der Waals surface area contributed by atoms with E-state index in [2.05, 4.69) is 38.3 Å². The monoisotopic (exact) mass is 188 g/mol. The van der Waals surface area contributed by atoms with Gasteiger partial charge in [0.2, 0.25) is 0 Å². The molecule has 0 amide bonds. The van der Waals surface area contributed by atoms with Crippen LogP contribution in [0.4, 0.5) is 0 Å². The minimum absolute atomic E-state index is 1.06. The van der Waals surface area contributed by atoms with Crippen LogP contribution >= 0.6 is 0 Å². The van der Waals surface area contributed by atoms with E-state index in [1.165, 1.54) is 18.4 Å². The predicted octanol–water partition coefficient (Wildman–Crippen LogP) is 4.59. The lowest BCUT2D eigenvalue weighted by Crippen LogP contribution is -1.76. The Morgan fingerprint density at radius 3 is 2.36 bits per heavy atom. The maximum atomic E-state index is 3.66. The third-order valence-corrected chi connectivity index (χ3v) is 1.70. The van der Waals surface area contributed by atoms with Crippen LogP contribution in [0, 0.1) is 0 Å². The highest BCUT2D eigenvalue weighted by atomic mass is 13.9. The molecule has 76 valence electrons. The van der Waals surface area contributed by atoms with E-state index in [1.807, 2.05) is 19.1 Å². The van der Waals surface area contributed by atoms with E-state index in [1.54, 1.807) is 6.08 Å². The minimum Gasteiger partial charge on any atom is -0.0991 e. The highest BCUT2D eigenvalue weighted by Gasteiger charge is 1.86. The first-order valence-corrected chi connectivity index (χ1v) is 4.94. The topological polar surface area (TPSA) is 0 Å². The van der Waals surface area contributed by atoms with E-state index in [4.69, 9.17) is 0 Å². The molecular formula is C14H20. The molecule has 0 fully saturated rings. The van der Waals surface area contributed by atoms with Gasteiger partial charge in [0.15, 0.2) is 0 Å². The largest absolute Gasteiger partial charge is 0.0991 e. The van der Waals surface area contributed by atoms with Crippen molar-refractivity contribution in [1.29, 1.82) is 0 Å². The molecule has 0 saturated heterocycles. The van der Waals surface area contributed by atoms with Gasteiger partial charge in [0, 0.05) is 0 Å². The van der Waals surface area contributed by atoms with E-state index >= 15 is 0 Å². The van der Waals surface area contributed by atoms with Gasteiger partial charge in [-0.15, -0.1) is 0 Å². The summed E-state index contributed by atoms with van der Waals surface area (Å²) in [6.07, 6.45) is 14.6. The van der Waals surface area contributed by atoms with Crippen LogP contribution in [0.1, 0.15) is 26.7 Å². The van der Waals surface area contributed by atoms with E-state index < -0.39 is 0 Å². The van der Waals surface area contributed by atoms with Gasteiger partial charge in [0.05, 0.1) is 0 Å². The van der Waals surface area contributed by atoms with Crippen LogP contribution in [-0.4, -0.2) is 0 Å². The van der Waals surface area contributed by atoms with Gasteiger partial charge >= 0.3 is 0 Å². The van der Waals surface area contributed by atoms with Crippen LogP contribution in [0.3, 0.4) is 0 Å². The van der Waals surface area contributed by atoms with Gasteiger partial charge < -0.3 is 0 Å². The Balaban J connectivity index is 0.000000241. The van der Waals surface area contributed by atoms with Gasteiger partial charge in [-0.1, -0.05) is 60.8 Å². The van der Waals surface area contributed by atoms with Crippen LogP contribution in [0.15, 0.2) is 60.8 Å². The normalized spacial score (nSPS) is 14.3. The molecule has 14 heavy (non-hydrogen) atoms. The zero-order chi connectivity index (χ0) is 10.8. The van der Waals surface area contributed by atoms with Gasteiger partial charge in [0.1, 0.15) is 0 Å². The maximum absolute atomic E-state index is 3.66. The van der Waals surface area contributed by atoms with Gasteiger partial charge in [-0.3, -0.25) is 0 Å². The van der Waals surface area contributed by atoms with Crippen LogP contribution < -0.4 is 0 Å². The summed E-state index contributed by atoms with van der Waals surface area (Å²) in [5, 5.41) is 0. The summed E-state index contributed by atoms with van der Waals surface area (Å²) in [5.74, 6) is 0. The Bertz CT molecular complexity index is 262. The molecule has 1 aliphatic rings. The van der Waals surface area contributed by atoms with Gasteiger partial charge in [0.25, 0.3) is 0 Å². The van der Waals surface area contributed by atoms with E-state index in [0.717, 1.165) is 5.57 Å². The fourth-order valence-corrected chi connectivity index (χ4v) is 0.977. The molecule has 0 radical (unpaired) electrons. The first kappa shape index (κ1) is 12.7. The molecule has 1 aliphatic carbocycles. The standard InChI is InChI=1S/2C7H10/c1-7-5-3-2-4-6-7;1-4-5-6-7(2)3/h3,5-6H,2,4H2,1H3;4-6H,1-2H2,3H3/b;6-5-. The van der Waals surface area contributed by atoms with Crippen molar-refractivity contribution in [3.8, 4) is 0 Å². The highest BCUT2D eigenvalue weighted by molar-refractivity contribution is 5.19. The lowest BCUT2D eigenvalue weighted by molar-refractivity contribution is 1.02. The third kappa shape index (κ3) is 8.79. The molecule has 0 bridgehead atoms. The van der Waals surface area contributed by atoms with E-state index in [-0.39, 0.29) is 0 Å². The fourth-order valence-electron chi connectivity index (χ4n) is 0.977. The van der Waals surface area contributed by atoms with Crippen LogP contribution in [0.5, 0.6) is 0 Å². The molecule has 0 unspecified atom stereocenters. The lowest BCUT2D eigenvalue weighted by atomic mass is 10.1. The molecule has 0 nitrogen and oxygen atoms in total. The molecule has 0 spiro atoms. The molecular weight excluding hydrogens is 168 g/mol. The smallest absolute Gasteiger partial charge is 0.0310 e. The second-order valence-corrected chi connectivity index (χ2v) is 3.37. The molecule has 0 atom stereocenters. The van der Waals surface area contributed by atoms with Crippen molar-refractivity contribution in [2.75, 3.05) is 0 Å². The summed E-state index contributed by atoms with van der Waals surface area (Å²) in [6, 6.07) is 0. The predicted molar refractivity (Wildman–Crippen MR) is 66.3 cm³/mol. The molecule has 0 N–H and O–H groups in total. The highest BCUT2D eigenvalue weighted by Crippen LogP contribution is 2.06. The average molecular weight is 188 g/mol. The Kier molecular flexibility index (Phi) is 7.53. The maximum Gasteiger partial charge on any atom is -0.0310 e. The summed E-state index contributed by atoms with van der Waals surface area (Å²) >= 11 is 0. The van der Waals surface area contributed by atoms with Crippen molar-refractivity contribution in [2.45, 2.75) is 26.7 Å². The number of allylic oxidation sites excluding steroid dienone is 8. The molecule has 0 aromatic heterocycles.